The molecule has 0 unspecified atom stereocenters. The molecule has 0 aliphatic carbocycles. The molecule has 1 amide bonds. The number of nitrogens with one attached hydrogen (secondary N) is 1. The molecule has 0 atom stereocenters. The lowest BCUT2D eigenvalue weighted by Gasteiger charge is -2.20. The van der Waals surface area contributed by atoms with Crippen molar-refractivity contribution in [3.8, 4) is 0 Å². The summed E-state index contributed by atoms with van der Waals surface area (Å²) in [5, 5.41) is 1.80. The smallest absolute Gasteiger partial charge is 0.266 e. The third-order valence-electron chi connectivity index (χ3n) is 1.54. The van der Waals surface area contributed by atoms with Gasteiger partial charge >= 0.3 is 0 Å². The molecular formula is C6H7N3O. The van der Waals surface area contributed by atoms with Crippen molar-refractivity contribution in [1.82, 2.24) is 10.4 Å². The van der Waals surface area contributed by atoms with E-state index < -0.39 is 0 Å². The molecule has 2 aliphatic rings. The average molecular weight is 137 g/mol. The second-order valence-electron chi connectivity index (χ2n) is 2.23. The topological polar surface area (TPSA) is 44.7 Å². The fourth-order valence-corrected chi connectivity index (χ4v) is 1.05. The highest BCUT2D eigenvalue weighted by molar-refractivity contribution is 5.95. The van der Waals surface area contributed by atoms with E-state index in [9.17, 15) is 4.79 Å². The first-order valence-electron chi connectivity index (χ1n) is 3.14. The Labute approximate surface area is 58.2 Å². The Morgan fingerprint density at radius 3 is 3.50 bits per heavy atom. The van der Waals surface area contributed by atoms with E-state index >= 15 is 0 Å². The summed E-state index contributed by atoms with van der Waals surface area (Å²) in [5.74, 6) is -0.0912. The van der Waals surface area contributed by atoms with Crippen molar-refractivity contribution in [3.05, 3.63) is 11.8 Å². The van der Waals surface area contributed by atoms with Crippen molar-refractivity contribution >= 4 is 12.1 Å². The van der Waals surface area contributed by atoms with Gasteiger partial charge in [-0.2, -0.15) is 0 Å². The summed E-state index contributed by atoms with van der Waals surface area (Å²) in [5.41, 5.74) is 4.02. The fourth-order valence-electron chi connectivity index (χ4n) is 1.05. The highest BCUT2D eigenvalue weighted by Gasteiger charge is 2.19. The van der Waals surface area contributed by atoms with Gasteiger partial charge in [0.25, 0.3) is 5.91 Å². The minimum atomic E-state index is -0.0912. The first kappa shape index (κ1) is 5.61. The zero-order valence-corrected chi connectivity index (χ0v) is 5.37. The van der Waals surface area contributed by atoms with E-state index in [-0.39, 0.29) is 5.91 Å². The third kappa shape index (κ3) is 0.733. The van der Waals surface area contributed by atoms with Gasteiger partial charge in [0.05, 0.1) is 11.9 Å². The molecule has 52 valence electrons. The fraction of sp³-hybridized carbons (Fsp3) is 0.333. The number of carbonyl (C=O) groups is 1. The second kappa shape index (κ2) is 1.91. The van der Waals surface area contributed by atoms with Crippen molar-refractivity contribution in [1.29, 1.82) is 0 Å². The molecule has 0 aromatic rings. The van der Waals surface area contributed by atoms with Gasteiger partial charge in [0.2, 0.25) is 0 Å². The van der Waals surface area contributed by atoms with Crippen molar-refractivity contribution in [3.63, 3.8) is 0 Å². The predicted octanol–water partition coefficient (Wildman–Crippen LogP) is -0.699. The van der Waals surface area contributed by atoms with E-state index in [4.69, 9.17) is 0 Å². The number of allylic oxidation sites excluding steroid dienone is 1. The van der Waals surface area contributed by atoms with Crippen LogP contribution in [0.15, 0.2) is 16.8 Å². The van der Waals surface area contributed by atoms with Crippen LogP contribution in [0.3, 0.4) is 0 Å². The zero-order valence-electron chi connectivity index (χ0n) is 5.37. The monoisotopic (exact) mass is 137 g/mol. The van der Waals surface area contributed by atoms with E-state index in [1.54, 1.807) is 11.2 Å². The van der Waals surface area contributed by atoms with Crippen LogP contribution >= 0.6 is 0 Å². The summed E-state index contributed by atoms with van der Waals surface area (Å²) < 4.78 is 0. The van der Waals surface area contributed by atoms with Crippen molar-refractivity contribution in [2.45, 2.75) is 0 Å². The van der Waals surface area contributed by atoms with Gasteiger partial charge in [-0.05, 0) is 6.08 Å². The summed E-state index contributed by atoms with van der Waals surface area (Å²) in [6.45, 7) is 1.16. The lowest BCUT2D eigenvalue weighted by molar-refractivity contribution is -0.119. The minimum absolute atomic E-state index is 0.0912. The largest absolute Gasteiger partial charge is 0.297 e. The lowest BCUT2D eigenvalue weighted by Crippen LogP contribution is -2.38. The molecule has 1 N–H and O–H groups in total. The van der Waals surface area contributed by atoms with Gasteiger partial charge in [-0.25, -0.2) is 10.4 Å². The van der Waals surface area contributed by atoms with Gasteiger partial charge in [0.1, 0.15) is 6.54 Å². The highest BCUT2D eigenvalue weighted by atomic mass is 16.1. The van der Waals surface area contributed by atoms with Crippen LogP contribution in [0.5, 0.6) is 0 Å². The van der Waals surface area contributed by atoms with E-state index in [0.29, 0.717) is 6.54 Å². The summed E-state index contributed by atoms with van der Waals surface area (Å²) in [6.07, 6.45) is 3.59. The van der Waals surface area contributed by atoms with Crippen LogP contribution in [-0.4, -0.2) is 30.2 Å². The Morgan fingerprint density at radius 1 is 1.70 bits per heavy atom. The van der Waals surface area contributed by atoms with Crippen LogP contribution in [0.1, 0.15) is 0 Å². The Morgan fingerprint density at radius 2 is 2.60 bits per heavy atom. The minimum Gasteiger partial charge on any atom is -0.297 e. The molecule has 0 saturated heterocycles. The number of hydrogen-bond donors (Lipinski definition) is 1. The molecule has 4 heteroatoms. The molecule has 0 saturated carbocycles. The Kier molecular flexibility index (Phi) is 1.07. The van der Waals surface area contributed by atoms with E-state index in [0.717, 1.165) is 12.2 Å². The van der Waals surface area contributed by atoms with Crippen LogP contribution in [0.2, 0.25) is 0 Å². The first-order valence-corrected chi connectivity index (χ1v) is 3.14. The molecule has 0 spiro atoms. The highest BCUT2D eigenvalue weighted by Crippen LogP contribution is 2.07. The van der Waals surface area contributed by atoms with Crippen molar-refractivity contribution in [2.24, 2.45) is 4.99 Å². The van der Waals surface area contributed by atoms with Crippen LogP contribution < -0.4 is 5.43 Å². The maximum absolute atomic E-state index is 10.7. The Hall–Kier alpha value is -1.16. The zero-order chi connectivity index (χ0) is 6.97. The number of hydrogen-bond acceptors (Lipinski definition) is 3. The maximum atomic E-state index is 10.7. The van der Waals surface area contributed by atoms with Crippen molar-refractivity contribution in [2.75, 3.05) is 13.1 Å². The number of amides is 1. The molecular weight excluding hydrogens is 130 g/mol. The molecule has 2 heterocycles. The van der Waals surface area contributed by atoms with Crippen LogP contribution in [0, 0.1) is 0 Å². The molecule has 0 fully saturated rings. The number of aliphatic imine (C=N–C) groups is 1. The SMILES string of the molecule is O=C1CN2NCC=C2C=N1. The Balaban J connectivity index is 2.28. The molecule has 0 aromatic carbocycles. The number of fused-ring (bicyclic) bond motifs is 1. The molecule has 4 nitrogen and oxygen atoms in total. The summed E-state index contributed by atoms with van der Waals surface area (Å²) in [7, 11) is 0. The molecule has 0 aromatic heterocycles. The molecule has 10 heavy (non-hydrogen) atoms. The normalized spacial score (nSPS) is 23.0. The van der Waals surface area contributed by atoms with E-state index in [1.165, 1.54) is 0 Å². The van der Waals surface area contributed by atoms with Gasteiger partial charge in [0.15, 0.2) is 0 Å². The number of hydrazine groups is 1. The number of rotatable bonds is 0. The van der Waals surface area contributed by atoms with Gasteiger partial charge in [-0.15, -0.1) is 0 Å². The lowest BCUT2D eigenvalue weighted by atomic mass is 10.4. The van der Waals surface area contributed by atoms with E-state index in [1.807, 2.05) is 6.08 Å². The summed E-state index contributed by atoms with van der Waals surface area (Å²) in [6, 6.07) is 0. The summed E-state index contributed by atoms with van der Waals surface area (Å²) >= 11 is 0. The standard InChI is InChI=1S/C6H7N3O/c10-6-4-9-5(3-7-6)1-2-8-9/h1,3,8H,2,4H2. The molecule has 0 bridgehead atoms. The predicted molar refractivity (Wildman–Crippen MR) is 36.3 cm³/mol. The average Bonchev–Trinajstić information content (AvgIpc) is 2.33. The van der Waals surface area contributed by atoms with Crippen molar-refractivity contribution < 1.29 is 4.79 Å². The van der Waals surface area contributed by atoms with Gasteiger partial charge in [0, 0.05) is 6.54 Å². The van der Waals surface area contributed by atoms with Crippen LogP contribution in [-0.2, 0) is 4.79 Å². The maximum Gasteiger partial charge on any atom is 0.266 e. The number of carbonyl (C=O) groups excluding carboxylic acids is 1. The molecule has 2 rings (SSSR count). The second-order valence-corrected chi connectivity index (χ2v) is 2.23. The number of nitrogens with zero attached hydrogens (tertiary/aromatic N) is 2. The Bertz CT molecular complexity index is 231. The van der Waals surface area contributed by atoms with Gasteiger partial charge in [-0.1, -0.05) is 0 Å². The third-order valence-corrected chi connectivity index (χ3v) is 1.54. The molecule has 0 radical (unpaired) electrons. The first-order chi connectivity index (χ1) is 4.86. The van der Waals surface area contributed by atoms with E-state index in [2.05, 4.69) is 10.4 Å². The van der Waals surface area contributed by atoms with Gasteiger partial charge < -0.3 is 0 Å². The van der Waals surface area contributed by atoms with Crippen LogP contribution in [0.25, 0.3) is 0 Å². The quantitative estimate of drug-likeness (QED) is 0.480. The molecule has 2 aliphatic heterocycles. The van der Waals surface area contributed by atoms with Gasteiger partial charge in [-0.3, -0.25) is 9.80 Å². The van der Waals surface area contributed by atoms with Crippen LogP contribution in [0.4, 0.5) is 0 Å². The summed E-state index contributed by atoms with van der Waals surface area (Å²) in [4.78, 5) is 14.4.